The van der Waals surface area contributed by atoms with Crippen molar-refractivity contribution < 1.29 is 62.4 Å². The van der Waals surface area contributed by atoms with Crippen molar-refractivity contribution in [1.82, 2.24) is 9.89 Å². The molecule has 2 aliphatic heterocycles. The molecule has 1 atom stereocenters. The lowest BCUT2D eigenvalue weighted by Gasteiger charge is -2.30. The average Bonchev–Trinajstić information content (AvgIpc) is 3.44. The topological polar surface area (TPSA) is 247 Å². The number of hydrogen-bond donors (Lipinski definition) is 4. The highest BCUT2D eigenvalue weighted by Crippen LogP contribution is 2.51. The number of hydrogen-bond acceptors (Lipinski definition) is 12. The van der Waals surface area contributed by atoms with E-state index in [1.165, 1.54) is 25.5 Å². The molecule has 0 spiro atoms. The number of carbonyl (C=O) groups is 2. The van der Waals surface area contributed by atoms with E-state index < -0.39 is 59.2 Å². The summed E-state index contributed by atoms with van der Waals surface area (Å²) in [5, 5.41) is 12.5. The van der Waals surface area contributed by atoms with Gasteiger partial charge in [0.2, 0.25) is 5.36 Å². The molecule has 1 aliphatic carbocycles. The van der Waals surface area contributed by atoms with Crippen molar-refractivity contribution in [3.05, 3.63) is 82.6 Å². The molecule has 0 radical (unpaired) electrons. The molecule has 2 heterocycles. The Morgan fingerprint density at radius 2 is 1.63 bits per heavy atom. The number of allylic oxidation sites excluding steroid dienone is 3. The Morgan fingerprint density at radius 3 is 2.26 bits per heavy atom. The molecular formula is C42H60N3O14S3+. The fraction of sp³-hybridized carbons (Fsp3) is 0.500. The van der Waals surface area contributed by atoms with Crippen molar-refractivity contribution in [2.45, 2.75) is 83.0 Å². The van der Waals surface area contributed by atoms with Gasteiger partial charge in [-0.15, -0.1) is 0 Å². The number of fused-ring (bicyclic) bond motifs is 2. The monoisotopic (exact) mass is 926 g/mol. The smallest absolute Gasteiger partial charge is 0.303 e. The zero-order valence-electron chi connectivity index (χ0n) is 36.1. The number of methoxy groups -OCH3 is 1. The van der Waals surface area contributed by atoms with Crippen LogP contribution >= 0.6 is 0 Å². The van der Waals surface area contributed by atoms with Crippen molar-refractivity contribution in [2.24, 2.45) is 0 Å². The van der Waals surface area contributed by atoms with Crippen molar-refractivity contribution in [2.75, 3.05) is 63.4 Å². The van der Waals surface area contributed by atoms with Gasteiger partial charge >= 0.3 is 5.97 Å². The van der Waals surface area contributed by atoms with Crippen LogP contribution in [0.15, 0.2) is 69.8 Å². The van der Waals surface area contributed by atoms with E-state index in [4.69, 9.17) is 18.4 Å². The molecule has 4 N–H and O–H groups in total. The van der Waals surface area contributed by atoms with Gasteiger partial charge < -0.3 is 24.5 Å². The highest BCUT2D eigenvalue weighted by atomic mass is 32.2. The van der Waals surface area contributed by atoms with Gasteiger partial charge in [0, 0.05) is 61.5 Å². The van der Waals surface area contributed by atoms with Crippen LogP contribution in [0, 0.1) is 0 Å². The summed E-state index contributed by atoms with van der Waals surface area (Å²) in [5.74, 6) is -2.08. The maximum atomic E-state index is 13.8. The van der Waals surface area contributed by atoms with Gasteiger partial charge in [0.25, 0.3) is 36.3 Å². The van der Waals surface area contributed by atoms with E-state index in [1.807, 2.05) is 43.2 Å². The second-order valence-electron chi connectivity index (χ2n) is 14.5. The number of carboxylic acids is 1. The Balaban J connectivity index is 0.00000504. The number of amides is 1. The molecule has 4 rings (SSSR count). The average molecular weight is 927 g/mol. The Kier molecular flexibility index (Phi) is 19.5. The molecule has 0 bridgehead atoms. The second kappa shape index (κ2) is 23.3. The summed E-state index contributed by atoms with van der Waals surface area (Å²) >= 11 is 0. The van der Waals surface area contributed by atoms with Crippen LogP contribution in [-0.2, 0) is 49.5 Å². The number of ether oxygens (including phenoxy) is 1. The van der Waals surface area contributed by atoms with Crippen LogP contribution in [0.3, 0.4) is 0 Å². The van der Waals surface area contributed by atoms with E-state index in [2.05, 4.69) is 5.32 Å². The fourth-order valence-corrected chi connectivity index (χ4v) is 9.11. The largest absolute Gasteiger partial charge is 0.481 e. The first-order valence-electron chi connectivity index (χ1n) is 20.4. The maximum absolute atomic E-state index is 13.8. The van der Waals surface area contributed by atoms with Crippen LogP contribution in [0.5, 0.6) is 0 Å². The standard InChI is InChI=1S/C40H53N3O14S3.C2H6/c1-5-42(22-11-27-59(50,51)52)34-18-16-31-29(19-24-57-38(31)37(34)39(46)41-21-25-55-3)12-9-13-35-40(2,20-10-26-58(47,48)49)32-28-30(60(53,54)56-4)15-17-33(32)43(35)23-8-6-7-14-36(44)45;1-2/h9,12-13,15-19,24,28H,5-8,10-11,14,20-23,25-27H2,1-4H3,(H3-,41,44,45,46,47,48,49,50,51,52);1-2H3/p+1. The van der Waals surface area contributed by atoms with Crippen LogP contribution in [0.1, 0.15) is 94.1 Å². The van der Waals surface area contributed by atoms with E-state index in [0.29, 0.717) is 65.8 Å². The number of anilines is 1. The fourth-order valence-electron chi connectivity index (χ4n) is 7.42. The van der Waals surface area contributed by atoms with Gasteiger partial charge in [0.05, 0.1) is 36.4 Å². The number of rotatable bonds is 23. The van der Waals surface area contributed by atoms with Crippen molar-refractivity contribution in [3.8, 4) is 11.3 Å². The predicted molar refractivity (Wildman–Crippen MR) is 237 cm³/mol. The van der Waals surface area contributed by atoms with Crippen molar-refractivity contribution >= 4 is 54.0 Å². The quantitative estimate of drug-likeness (QED) is 0.0414. The van der Waals surface area contributed by atoms with E-state index in [9.17, 15) is 43.9 Å². The molecule has 20 heteroatoms. The first-order chi connectivity index (χ1) is 29.3. The van der Waals surface area contributed by atoms with Gasteiger partial charge in [-0.25, -0.2) is 4.58 Å². The number of carboxylic acid groups (broad SMARTS) is 1. The molecule has 1 unspecified atom stereocenters. The Labute approximate surface area is 365 Å². The summed E-state index contributed by atoms with van der Waals surface area (Å²) in [6, 6.07) is 9.84. The summed E-state index contributed by atoms with van der Waals surface area (Å²) in [6.45, 7) is 9.21. The molecule has 3 aliphatic rings. The minimum Gasteiger partial charge on any atom is -0.481 e. The summed E-state index contributed by atoms with van der Waals surface area (Å²) in [7, 11) is -10.1. The molecule has 0 saturated carbocycles. The Morgan fingerprint density at radius 1 is 0.935 bits per heavy atom. The Bertz CT molecular complexity index is 2460. The lowest BCUT2D eigenvalue weighted by Crippen LogP contribution is -2.39. The lowest BCUT2D eigenvalue weighted by atomic mass is 9.77. The third-order valence-corrected chi connectivity index (χ3v) is 13.2. The minimum absolute atomic E-state index is 0.00741. The van der Waals surface area contributed by atoms with Crippen molar-refractivity contribution in [1.29, 1.82) is 0 Å². The highest BCUT2D eigenvalue weighted by molar-refractivity contribution is 7.86. The maximum Gasteiger partial charge on any atom is 0.303 e. The summed E-state index contributed by atoms with van der Waals surface area (Å²) in [6.07, 6.45) is 8.83. The number of carbonyl (C=O) groups excluding carboxylic acids is 1. The lowest BCUT2D eigenvalue weighted by molar-refractivity contribution is -0.137. The van der Waals surface area contributed by atoms with Crippen LogP contribution in [-0.4, -0.2) is 110 Å². The first kappa shape index (κ1) is 51.9. The van der Waals surface area contributed by atoms with Gasteiger partial charge in [-0.2, -0.15) is 25.3 Å². The van der Waals surface area contributed by atoms with E-state index >= 15 is 0 Å². The number of unbranched alkanes of at least 4 members (excludes halogenated alkanes) is 2. The Hall–Kier alpha value is -4.44. The zero-order valence-corrected chi connectivity index (χ0v) is 38.6. The number of nitrogens with zero attached hydrogens (tertiary/aromatic N) is 2. The molecule has 1 amide bonds. The van der Waals surface area contributed by atoms with Crippen LogP contribution in [0.25, 0.3) is 17.4 Å². The van der Waals surface area contributed by atoms with E-state index in [1.54, 1.807) is 36.4 Å². The van der Waals surface area contributed by atoms with Crippen LogP contribution in [0.2, 0.25) is 0 Å². The minimum atomic E-state index is -4.32. The molecule has 62 heavy (non-hydrogen) atoms. The van der Waals surface area contributed by atoms with Crippen LogP contribution < -0.4 is 20.1 Å². The van der Waals surface area contributed by atoms with Crippen LogP contribution in [0.4, 0.5) is 5.69 Å². The number of benzene rings is 2. The van der Waals surface area contributed by atoms with Crippen molar-refractivity contribution in [3.63, 3.8) is 0 Å². The van der Waals surface area contributed by atoms with Gasteiger partial charge in [-0.1, -0.05) is 32.4 Å². The highest BCUT2D eigenvalue weighted by Gasteiger charge is 2.44. The van der Waals surface area contributed by atoms with E-state index in [0.717, 1.165) is 7.11 Å². The molecular weight excluding hydrogens is 867 g/mol. The molecule has 1 aromatic rings. The van der Waals surface area contributed by atoms with Gasteiger partial charge in [0.1, 0.15) is 13.1 Å². The molecule has 0 saturated heterocycles. The zero-order chi connectivity index (χ0) is 46.3. The summed E-state index contributed by atoms with van der Waals surface area (Å²) < 4.78 is 109. The molecule has 344 valence electrons. The summed E-state index contributed by atoms with van der Waals surface area (Å²) in [5.41, 5.74) is 2.42. The van der Waals surface area contributed by atoms with Gasteiger partial charge in [-0.3, -0.25) is 22.9 Å². The van der Waals surface area contributed by atoms with Gasteiger partial charge in [-0.05, 0) is 87.1 Å². The first-order valence-corrected chi connectivity index (χ1v) is 25.0. The predicted octanol–water partition coefficient (Wildman–Crippen LogP) is 5.18. The number of nitrogens with one attached hydrogen (secondary N) is 1. The second-order valence-corrected chi connectivity index (χ2v) is 19.3. The number of aliphatic carboxylic acids is 1. The molecule has 0 fully saturated rings. The normalized spacial score (nSPS) is 16.6. The van der Waals surface area contributed by atoms with Gasteiger partial charge in [0.15, 0.2) is 11.3 Å². The summed E-state index contributed by atoms with van der Waals surface area (Å²) in [4.78, 5) is 26.9. The van der Waals surface area contributed by atoms with E-state index in [-0.39, 0.29) is 61.6 Å². The third kappa shape index (κ3) is 14.0. The SMILES string of the molecule is CC.CC[N+](CCCS(=O)(=O)O)=c1ccc2c(/C=C/C=C3/N(CCCCCC(=O)O)c4ccc(S(=O)(=O)OC)cc4C3(C)CCCS(=O)(=O)O)ccoc-2c1C(=O)NCCOC. The molecule has 0 aromatic heterocycles. The third-order valence-electron chi connectivity index (χ3n) is 10.4. The molecule has 1 aromatic carbocycles. The molecule has 17 nitrogen and oxygen atoms in total.